The van der Waals surface area contributed by atoms with Crippen LogP contribution >= 0.6 is 11.8 Å². The Kier molecular flexibility index (Phi) is 9.74. The molecule has 7 nitrogen and oxygen atoms in total. The molecule has 0 heterocycles. The lowest BCUT2D eigenvalue weighted by atomic mass is 10.1. The van der Waals surface area contributed by atoms with E-state index in [1.165, 1.54) is 11.8 Å². The first-order chi connectivity index (χ1) is 19.4. The number of thioether (sulfide) groups is 1. The van der Waals surface area contributed by atoms with Crippen molar-refractivity contribution in [1.82, 2.24) is 5.32 Å². The van der Waals surface area contributed by atoms with Gasteiger partial charge in [-0.15, -0.1) is 11.8 Å². The van der Waals surface area contributed by atoms with Gasteiger partial charge >= 0.3 is 0 Å². The predicted octanol–water partition coefficient (Wildman–Crippen LogP) is 6.14. The largest absolute Gasteiger partial charge is 0.497 e. The van der Waals surface area contributed by atoms with Crippen molar-refractivity contribution in [2.45, 2.75) is 11.8 Å². The Hall–Kier alpha value is -4.82. The van der Waals surface area contributed by atoms with Crippen molar-refractivity contribution in [2.24, 2.45) is 0 Å². The van der Waals surface area contributed by atoms with Crippen LogP contribution in [0.1, 0.15) is 21.5 Å². The van der Waals surface area contributed by atoms with Gasteiger partial charge in [-0.1, -0.05) is 42.5 Å². The highest BCUT2D eigenvalue weighted by Gasteiger charge is 2.15. The topological polar surface area (TPSA) is 96.5 Å². The molecule has 8 heteroatoms. The van der Waals surface area contributed by atoms with Crippen molar-refractivity contribution >= 4 is 46.9 Å². The molecule has 3 N–H and O–H groups in total. The number of carbonyl (C=O) groups excluding carboxylic acids is 3. The molecule has 0 atom stereocenters. The molecule has 0 radical (unpaired) electrons. The van der Waals surface area contributed by atoms with Crippen LogP contribution in [-0.2, 0) is 9.59 Å². The first kappa shape index (κ1) is 28.2. The normalized spacial score (nSPS) is 10.9. The van der Waals surface area contributed by atoms with Crippen LogP contribution in [-0.4, -0.2) is 30.6 Å². The molecule has 0 spiro atoms. The standard InChI is InChI=1S/C32H29N3O4S/c1-22-7-6-10-26(19-22)33-30(36)21-40-28-17-13-25(14-18-28)34-32(38)29(20-23-11-15-27(39-2)16-12-23)35-31(37)24-8-4-3-5-9-24/h3-20H,21H2,1-2H3,(H,33,36)(H,34,38)(H,35,37)/b29-20-. The van der Waals surface area contributed by atoms with Gasteiger partial charge in [-0.25, -0.2) is 0 Å². The number of hydrogen-bond acceptors (Lipinski definition) is 5. The summed E-state index contributed by atoms with van der Waals surface area (Å²) in [6, 6.07) is 30.6. The van der Waals surface area contributed by atoms with Gasteiger partial charge < -0.3 is 20.7 Å². The van der Waals surface area contributed by atoms with E-state index < -0.39 is 11.8 Å². The van der Waals surface area contributed by atoms with Gasteiger partial charge in [-0.05, 0) is 84.8 Å². The monoisotopic (exact) mass is 551 g/mol. The zero-order valence-electron chi connectivity index (χ0n) is 22.1. The molecular weight excluding hydrogens is 522 g/mol. The first-order valence-corrected chi connectivity index (χ1v) is 13.5. The molecule has 0 bridgehead atoms. The van der Waals surface area contributed by atoms with E-state index in [1.54, 1.807) is 73.8 Å². The minimum absolute atomic E-state index is 0.0882. The van der Waals surface area contributed by atoms with Crippen LogP contribution in [0.5, 0.6) is 5.75 Å². The molecular formula is C32H29N3O4S. The van der Waals surface area contributed by atoms with E-state index in [-0.39, 0.29) is 17.4 Å². The first-order valence-electron chi connectivity index (χ1n) is 12.5. The van der Waals surface area contributed by atoms with Crippen molar-refractivity contribution in [3.63, 3.8) is 0 Å². The van der Waals surface area contributed by atoms with Crippen molar-refractivity contribution < 1.29 is 19.1 Å². The molecule has 202 valence electrons. The molecule has 4 rings (SSSR count). The summed E-state index contributed by atoms with van der Waals surface area (Å²) in [5.41, 5.74) is 3.63. The van der Waals surface area contributed by atoms with Crippen LogP contribution in [0.25, 0.3) is 6.08 Å². The van der Waals surface area contributed by atoms with Gasteiger partial charge in [0.15, 0.2) is 0 Å². The maximum absolute atomic E-state index is 13.2. The Labute approximate surface area is 237 Å². The Morgan fingerprint density at radius 1 is 0.800 bits per heavy atom. The molecule has 0 saturated heterocycles. The van der Waals surface area contributed by atoms with Crippen LogP contribution in [0, 0.1) is 6.92 Å². The number of amides is 3. The summed E-state index contributed by atoms with van der Waals surface area (Å²) < 4.78 is 5.20. The number of nitrogens with one attached hydrogen (secondary N) is 3. The predicted molar refractivity (Wildman–Crippen MR) is 160 cm³/mol. The number of anilines is 2. The van der Waals surface area contributed by atoms with Gasteiger partial charge in [-0.2, -0.15) is 0 Å². The van der Waals surface area contributed by atoms with E-state index in [0.29, 0.717) is 17.0 Å². The number of ether oxygens (including phenoxy) is 1. The zero-order valence-corrected chi connectivity index (χ0v) is 23.0. The molecule has 4 aromatic rings. The number of aryl methyl sites for hydroxylation is 1. The van der Waals surface area contributed by atoms with Gasteiger partial charge in [0.2, 0.25) is 5.91 Å². The zero-order chi connectivity index (χ0) is 28.3. The number of methoxy groups -OCH3 is 1. The molecule has 0 saturated carbocycles. The third-order valence-corrected chi connectivity index (χ3v) is 6.75. The minimum atomic E-state index is -0.474. The summed E-state index contributed by atoms with van der Waals surface area (Å²) in [6.45, 7) is 1.97. The third-order valence-electron chi connectivity index (χ3n) is 5.74. The van der Waals surface area contributed by atoms with Gasteiger partial charge in [0.1, 0.15) is 11.4 Å². The van der Waals surface area contributed by atoms with E-state index in [9.17, 15) is 14.4 Å². The summed E-state index contributed by atoms with van der Waals surface area (Å²) >= 11 is 1.39. The lowest BCUT2D eigenvalue weighted by Crippen LogP contribution is -2.30. The average molecular weight is 552 g/mol. The fraction of sp³-hybridized carbons (Fsp3) is 0.0938. The Morgan fingerprint density at radius 2 is 1.52 bits per heavy atom. The number of carbonyl (C=O) groups is 3. The van der Waals surface area contributed by atoms with Crippen LogP contribution in [0.3, 0.4) is 0 Å². The summed E-state index contributed by atoms with van der Waals surface area (Å²) in [6.07, 6.45) is 1.60. The van der Waals surface area contributed by atoms with Gasteiger partial charge in [0, 0.05) is 21.8 Å². The maximum atomic E-state index is 13.2. The van der Waals surface area contributed by atoms with Crippen LogP contribution in [0.15, 0.2) is 114 Å². The molecule has 4 aromatic carbocycles. The van der Waals surface area contributed by atoms with Crippen molar-refractivity contribution in [3.8, 4) is 5.75 Å². The molecule has 0 aliphatic heterocycles. The molecule has 0 aliphatic rings. The number of rotatable bonds is 10. The quantitative estimate of drug-likeness (QED) is 0.162. The van der Waals surface area contributed by atoms with Gasteiger partial charge in [0.05, 0.1) is 12.9 Å². The molecule has 0 unspecified atom stereocenters. The summed E-state index contributed by atoms with van der Waals surface area (Å²) in [5.74, 6) is -0.0401. The second-order valence-corrected chi connectivity index (χ2v) is 9.88. The van der Waals surface area contributed by atoms with E-state index >= 15 is 0 Å². The van der Waals surface area contributed by atoms with E-state index in [4.69, 9.17) is 4.74 Å². The van der Waals surface area contributed by atoms with E-state index in [0.717, 1.165) is 21.7 Å². The molecule has 3 amide bonds. The highest BCUT2D eigenvalue weighted by Crippen LogP contribution is 2.22. The van der Waals surface area contributed by atoms with Crippen LogP contribution in [0.4, 0.5) is 11.4 Å². The second-order valence-electron chi connectivity index (χ2n) is 8.84. The summed E-state index contributed by atoms with van der Waals surface area (Å²) in [4.78, 5) is 39.2. The average Bonchev–Trinajstić information content (AvgIpc) is 2.97. The SMILES string of the molecule is COc1ccc(/C=C(\NC(=O)c2ccccc2)C(=O)Nc2ccc(SCC(=O)Nc3cccc(C)c3)cc2)cc1. The van der Waals surface area contributed by atoms with Crippen molar-refractivity contribution in [1.29, 1.82) is 0 Å². The lowest BCUT2D eigenvalue weighted by Gasteiger charge is -2.12. The summed E-state index contributed by atoms with van der Waals surface area (Å²) in [5, 5.41) is 8.46. The van der Waals surface area contributed by atoms with Crippen LogP contribution in [0.2, 0.25) is 0 Å². The molecule has 0 aromatic heterocycles. The Morgan fingerprint density at radius 3 is 2.20 bits per heavy atom. The fourth-order valence-electron chi connectivity index (χ4n) is 3.71. The third kappa shape index (κ3) is 8.34. The Balaban J connectivity index is 1.41. The smallest absolute Gasteiger partial charge is 0.272 e. The van der Waals surface area contributed by atoms with Crippen LogP contribution < -0.4 is 20.7 Å². The van der Waals surface area contributed by atoms with Gasteiger partial charge in [0.25, 0.3) is 11.8 Å². The summed E-state index contributed by atoms with van der Waals surface area (Å²) in [7, 11) is 1.58. The highest BCUT2D eigenvalue weighted by atomic mass is 32.2. The van der Waals surface area contributed by atoms with Crippen molar-refractivity contribution in [3.05, 3.63) is 126 Å². The molecule has 0 fully saturated rings. The number of hydrogen-bond donors (Lipinski definition) is 3. The maximum Gasteiger partial charge on any atom is 0.272 e. The van der Waals surface area contributed by atoms with E-state index in [2.05, 4.69) is 16.0 Å². The van der Waals surface area contributed by atoms with Crippen molar-refractivity contribution in [2.75, 3.05) is 23.5 Å². The fourth-order valence-corrected chi connectivity index (χ4v) is 4.41. The van der Waals surface area contributed by atoms with Gasteiger partial charge in [-0.3, -0.25) is 14.4 Å². The Bertz CT molecular complexity index is 1500. The number of benzene rings is 4. The molecule has 0 aliphatic carbocycles. The second kappa shape index (κ2) is 13.8. The van der Waals surface area contributed by atoms with E-state index in [1.807, 2.05) is 49.4 Å². The minimum Gasteiger partial charge on any atom is -0.497 e. The molecule has 40 heavy (non-hydrogen) atoms. The lowest BCUT2D eigenvalue weighted by molar-refractivity contribution is -0.114. The highest BCUT2D eigenvalue weighted by molar-refractivity contribution is 8.00.